The highest BCUT2D eigenvalue weighted by molar-refractivity contribution is 6.24. The van der Waals surface area contributed by atoms with E-state index in [0.29, 0.717) is 5.69 Å². The number of fused-ring (bicyclic) bond motifs is 5. The number of rotatable bonds is 2. The Morgan fingerprint density at radius 3 is 2.28 bits per heavy atom. The lowest BCUT2D eigenvalue weighted by molar-refractivity contribution is -0.129. The van der Waals surface area contributed by atoms with Gasteiger partial charge in [-0.05, 0) is 61.2 Å². The summed E-state index contributed by atoms with van der Waals surface area (Å²) in [6.07, 6.45) is 3.83. The van der Waals surface area contributed by atoms with Gasteiger partial charge in [0, 0.05) is 6.20 Å². The van der Waals surface area contributed by atoms with Gasteiger partial charge in [-0.2, -0.15) is 0 Å². The second-order valence-electron chi connectivity index (χ2n) is 8.30. The second kappa shape index (κ2) is 6.14. The molecular weight excluding hydrogens is 364 g/mol. The van der Waals surface area contributed by atoms with E-state index in [2.05, 4.69) is 0 Å². The molecule has 0 spiro atoms. The van der Waals surface area contributed by atoms with Crippen LogP contribution in [-0.2, 0) is 14.4 Å². The van der Waals surface area contributed by atoms with E-state index in [4.69, 9.17) is 0 Å². The number of carbonyl (C=O) groups is 3. The number of imide groups is 1. The van der Waals surface area contributed by atoms with Crippen LogP contribution in [0.2, 0.25) is 0 Å². The van der Waals surface area contributed by atoms with Gasteiger partial charge in [-0.15, -0.1) is 0 Å². The van der Waals surface area contributed by atoms with Crippen molar-refractivity contribution in [1.82, 2.24) is 4.90 Å². The van der Waals surface area contributed by atoms with Crippen LogP contribution < -0.4 is 4.90 Å². The Morgan fingerprint density at radius 1 is 0.931 bits per heavy atom. The predicted molar refractivity (Wildman–Crippen MR) is 110 cm³/mol. The number of anilines is 1. The van der Waals surface area contributed by atoms with Crippen LogP contribution >= 0.6 is 0 Å². The van der Waals surface area contributed by atoms with E-state index in [9.17, 15) is 14.4 Å². The summed E-state index contributed by atoms with van der Waals surface area (Å²) < 4.78 is 0. The third kappa shape index (κ3) is 2.43. The normalized spacial score (nSPS) is 27.1. The molecule has 3 heterocycles. The molecule has 146 valence electrons. The lowest BCUT2D eigenvalue weighted by atomic mass is 9.84. The monoisotopic (exact) mass is 386 g/mol. The zero-order chi connectivity index (χ0) is 20.4. The summed E-state index contributed by atoms with van der Waals surface area (Å²) >= 11 is 0. The summed E-state index contributed by atoms with van der Waals surface area (Å²) in [6.45, 7) is 5.41. The average Bonchev–Trinajstić information content (AvgIpc) is 3.14. The zero-order valence-corrected chi connectivity index (χ0v) is 16.6. The molecule has 2 saturated heterocycles. The number of amides is 2. The van der Waals surface area contributed by atoms with Crippen molar-refractivity contribution in [2.24, 2.45) is 11.8 Å². The fourth-order valence-electron chi connectivity index (χ4n) is 5.36. The molecule has 0 aromatic heterocycles. The number of benzene rings is 2. The maximum atomic E-state index is 13.6. The van der Waals surface area contributed by atoms with Gasteiger partial charge in [-0.25, -0.2) is 4.90 Å². The van der Waals surface area contributed by atoms with Crippen molar-refractivity contribution in [1.29, 1.82) is 0 Å². The van der Waals surface area contributed by atoms with Gasteiger partial charge in [-0.1, -0.05) is 30.3 Å². The molecule has 2 aromatic carbocycles. The maximum absolute atomic E-state index is 13.6. The van der Waals surface area contributed by atoms with E-state index >= 15 is 0 Å². The summed E-state index contributed by atoms with van der Waals surface area (Å²) in [5, 5.41) is 0. The largest absolute Gasteiger partial charge is 0.359 e. The third-order valence-corrected chi connectivity index (χ3v) is 6.34. The molecule has 0 N–H and O–H groups in total. The van der Waals surface area contributed by atoms with E-state index in [1.54, 1.807) is 0 Å². The van der Waals surface area contributed by atoms with Crippen LogP contribution in [0.3, 0.4) is 0 Å². The number of hydrogen-bond donors (Lipinski definition) is 0. The topological polar surface area (TPSA) is 57.7 Å². The third-order valence-electron chi connectivity index (χ3n) is 6.34. The molecule has 4 atom stereocenters. The highest BCUT2D eigenvalue weighted by Gasteiger charge is 2.63. The number of Topliss-reactive ketones (excluding diaryl/α,β-unsaturated/α-hetero) is 1. The number of nitrogens with zero attached hydrogens (tertiary/aromatic N) is 2. The van der Waals surface area contributed by atoms with Crippen molar-refractivity contribution in [3.8, 4) is 0 Å². The molecule has 2 fully saturated rings. The first-order chi connectivity index (χ1) is 13.9. The lowest BCUT2D eigenvalue weighted by Crippen LogP contribution is -2.43. The lowest BCUT2D eigenvalue weighted by Gasteiger charge is -2.35. The van der Waals surface area contributed by atoms with Crippen molar-refractivity contribution >= 4 is 29.4 Å². The summed E-state index contributed by atoms with van der Waals surface area (Å²) in [4.78, 5) is 42.9. The first-order valence-electron chi connectivity index (χ1n) is 9.89. The summed E-state index contributed by atoms with van der Waals surface area (Å²) in [5.41, 5.74) is 4.61. The van der Waals surface area contributed by atoms with Crippen LogP contribution in [0.25, 0.3) is 6.08 Å². The van der Waals surface area contributed by atoms with Crippen LogP contribution in [0.4, 0.5) is 5.69 Å². The van der Waals surface area contributed by atoms with Crippen LogP contribution in [0, 0.1) is 25.7 Å². The first-order valence-corrected chi connectivity index (χ1v) is 9.89. The Labute approximate surface area is 169 Å². The maximum Gasteiger partial charge on any atom is 0.240 e. The minimum atomic E-state index is -0.665. The Balaban J connectivity index is 1.66. The molecule has 29 heavy (non-hydrogen) atoms. The van der Waals surface area contributed by atoms with Gasteiger partial charge in [0.05, 0.1) is 29.6 Å². The highest BCUT2D eigenvalue weighted by Crippen LogP contribution is 2.53. The molecule has 5 nitrogen and oxygen atoms in total. The van der Waals surface area contributed by atoms with Crippen LogP contribution in [0.15, 0.2) is 48.7 Å². The molecule has 2 amide bonds. The van der Waals surface area contributed by atoms with Crippen molar-refractivity contribution in [3.63, 3.8) is 0 Å². The van der Waals surface area contributed by atoms with E-state index in [0.717, 1.165) is 22.3 Å². The summed E-state index contributed by atoms with van der Waals surface area (Å²) in [7, 11) is 0. The number of hydrogen-bond acceptors (Lipinski definition) is 4. The Morgan fingerprint density at radius 2 is 1.59 bits per heavy atom. The van der Waals surface area contributed by atoms with Crippen LogP contribution in [-0.4, -0.2) is 28.5 Å². The quantitative estimate of drug-likeness (QED) is 0.743. The first kappa shape index (κ1) is 17.9. The SMILES string of the molecule is CC(=O)[C@@H]1[C@@H]2C(=O)N(c3cc(C)cc(C)c3)C(=O)[C@H]2[C@H]2c3ccccc3C=CN12. The van der Waals surface area contributed by atoms with Crippen LogP contribution in [0.1, 0.15) is 35.2 Å². The standard InChI is InChI=1S/C24H22N2O3/c1-13-10-14(2)12-17(11-13)26-23(28)19-20(24(26)29)22-18-7-5-4-6-16(18)8-9-25(22)21(19)15(3)27/h4-12,19-22H,1-3H3/t19-,20-,21-,22-/m1/s1. The molecule has 3 aliphatic heterocycles. The molecule has 5 heteroatoms. The minimum Gasteiger partial charge on any atom is -0.359 e. The van der Waals surface area contributed by atoms with Gasteiger partial charge < -0.3 is 4.90 Å². The molecule has 0 bridgehead atoms. The zero-order valence-electron chi connectivity index (χ0n) is 16.6. The van der Waals surface area contributed by atoms with E-state index in [-0.39, 0.29) is 23.6 Å². The van der Waals surface area contributed by atoms with Gasteiger partial charge >= 0.3 is 0 Å². The van der Waals surface area contributed by atoms with Crippen LogP contribution in [0.5, 0.6) is 0 Å². The molecule has 3 aliphatic rings. The summed E-state index contributed by atoms with van der Waals surface area (Å²) in [6, 6.07) is 12.7. The van der Waals surface area contributed by atoms with Crippen molar-refractivity contribution in [2.75, 3.05) is 4.90 Å². The molecule has 5 rings (SSSR count). The smallest absolute Gasteiger partial charge is 0.240 e. The fraction of sp³-hybridized carbons (Fsp3) is 0.292. The number of carbonyl (C=O) groups excluding carboxylic acids is 3. The van der Waals surface area contributed by atoms with Gasteiger partial charge in [-0.3, -0.25) is 14.4 Å². The van der Waals surface area contributed by atoms with Gasteiger partial charge in [0.25, 0.3) is 0 Å². The molecule has 0 aliphatic carbocycles. The van der Waals surface area contributed by atoms with Gasteiger partial charge in [0.15, 0.2) is 5.78 Å². The molecule has 0 unspecified atom stereocenters. The van der Waals surface area contributed by atoms with E-state index in [1.165, 1.54) is 11.8 Å². The number of aryl methyl sites for hydroxylation is 2. The van der Waals surface area contributed by atoms with E-state index < -0.39 is 17.9 Å². The van der Waals surface area contributed by atoms with Crippen molar-refractivity contribution in [2.45, 2.75) is 32.9 Å². The Kier molecular flexibility index (Phi) is 3.78. The Hall–Kier alpha value is -3.21. The highest BCUT2D eigenvalue weighted by atomic mass is 16.2. The molecular formula is C24H22N2O3. The van der Waals surface area contributed by atoms with Gasteiger partial charge in [0.2, 0.25) is 11.8 Å². The Bertz CT molecular complexity index is 1080. The minimum absolute atomic E-state index is 0.0880. The molecule has 2 aromatic rings. The van der Waals surface area contributed by atoms with E-state index in [1.807, 2.05) is 73.5 Å². The molecule has 0 radical (unpaired) electrons. The van der Waals surface area contributed by atoms with Gasteiger partial charge in [0.1, 0.15) is 0 Å². The van der Waals surface area contributed by atoms with Crippen molar-refractivity contribution in [3.05, 3.63) is 70.9 Å². The fourth-order valence-corrected chi connectivity index (χ4v) is 5.36. The number of ketones is 1. The second-order valence-corrected chi connectivity index (χ2v) is 8.30. The predicted octanol–water partition coefficient (Wildman–Crippen LogP) is 3.41. The van der Waals surface area contributed by atoms with Crippen molar-refractivity contribution < 1.29 is 14.4 Å². The average molecular weight is 386 g/mol. The molecule has 0 saturated carbocycles. The summed E-state index contributed by atoms with van der Waals surface area (Å²) in [5.74, 6) is -1.81.